The van der Waals surface area contributed by atoms with Crippen molar-refractivity contribution in [1.82, 2.24) is 0 Å². The standard InChI is InChI=1S/C12H12O2/c1-8(2)12(13)14-11-6-5-9-3-4-10(9)7-11/h5-7H,1,3-4H2,2H3. The van der Waals surface area contributed by atoms with Crippen LogP contribution in [0, 0.1) is 0 Å². The van der Waals surface area contributed by atoms with Crippen LogP contribution in [0.1, 0.15) is 18.1 Å². The van der Waals surface area contributed by atoms with E-state index in [2.05, 4.69) is 6.58 Å². The van der Waals surface area contributed by atoms with Gasteiger partial charge in [-0.25, -0.2) is 4.79 Å². The van der Waals surface area contributed by atoms with E-state index < -0.39 is 0 Å². The molecule has 0 saturated heterocycles. The number of hydrogen-bond donors (Lipinski definition) is 0. The van der Waals surface area contributed by atoms with E-state index in [-0.39, 0.29) is 5.97 Å². The van der Waals surface area contributed by atoms with Gasteiger partial charge in [-0.2, -0.15) is 0 Å². The summed E-state index contributed by atoms with van der Waals surface area (Å²) in [5, 5.41) is 0. The highest BCUT2D eigenvalue weighted by Crippen LogP contribution is 2.27. The Morgan fingerprint density at radius 1 is 1.36 bits per heavy atom. The number of carbonyl (C=O) groups is 1. The number of fused-ring (bicyclic) bond motifs is 1. The molecule has 0 N–H and O–H groups in total. The van der Waals surface area contributed by atoms with Gasteiger partial charge < -0.3 is 4.74 Å². The second kappa shape index (κ2) is 3.29. The van der Waals surface area contributed by atoms with E-state index in [0.717, 1.165) is 12.8 Å². The fourth-order valence-corrected chi connectivity index (χ4v) is 1.43. The minimum absolute atomic E-state index is 0.357. The van der Waals surface area contributed by atoms with Gasteiger partial charge in [0.15, 0.2) is 0 Å². The van der Waals surface area contributed by atoms with Crippen LogP contribution in [0.4, 0.5) is 0 Å². The Morgan fingerprint density at radius 2 is 2.07 bits per heavy atom. The Balaban J connectivity index is 2.14. The monoisotopic (exact) mass is 188 g/mol. The minimum atomic E-state index is -0.357. The smallest absolute Gasteiger partial charge is 0.338 e. The Hall–Kier alpha value is -1.57. The summed E-state index contributed by atoms with van der Waals surface area (Å²) in [6.45, 7) is 5.17. The molecule has 14 heavy (non-hydrogen) atoms. The summed E-state index contributed by atoms with van der Waals surface area (Å²) in [7, 11) is 0. The Bertz CT molecular complexity index is 405. The molecule has 72 valence electrons. The number of benzene rings is 1. The summed E-state index contributed by atoms with van der Waals surface area (Å²) in [6, 6.07) is 5.78. The molecule has 0 saturated carbocycles. The SMILES string of the molecule is C=C(C)C(=O)Oc1ccc2c(c1)CC2. The van der Waals surface area contributed by atoms with Gasteiger partial charge in [-0.1, -0.05) is 12.6 Å². The van der Waals surface area contributed by atoms with Crippen molar-refractivity contribution in [3.8, 4) is 5.75 Å². The van der Waals surface area contributed by atoms with Crippen molar-refractivity contribution in [3.63, 3.8) is 0 Å². The summed E-state index contributed by atoms with van der Waals surface area (Å²) in [5.41, 5.74) is 3.07. The molecule has 0 heterocycles. The average molecular weight is 188 g/mol. The number of esters is 1. The van der Waals surface area contributed by atoms with Crippen molar-refractivity contribution in [2.45, 2.75) is 19.8 Å². The summed E-state index contributed by atoms with van der Waals surface area (Å²) in [5.74, 6) is 0.265. The maximum Gasteiger partial charge on any atom is 0.338 e. The van der Waals surface area contributed by atoms with Crippen molar-refractivity contribution in [2.24, 2.45) is 0 Å². The van der Waals surface area contributed by atoms with Crippen LogP contribution >= 0.6 is 0 Å². The second-order valence-corrected chi connectivity index (χ2v) is 3.60. The molecule has 2 rings (SSSR count). The molecule has 0 fully saturated rings. The van der Waals surface area contributed by atoms with Gasteiger partial charge >= 0.3 is 5.97 Å². The van der Waals surface area contributed by atoms with E-state index in [4.69, 9.17) is 4.74 Å². The topological polar surface area (TPSA) is 26.3 Å². The van der Waals surface area contributed by atoms with Gasteiger partial charge in [0.05, 0.1) is 0 Å². The van der Waals surface area contributed by atoms with E-state index >= 15 is 0 Å². The van der Waals surface area contributed by atoms with Gasteiger partial charge in [-0.3, -0.25) is 0 Å². The number of aryl methyl sites for hydroxylation is 2. The second-order valence-electron chi connectivity index (χ2n) is 3.60. The maximum absolute atomic E-state index is 11.2. The first-order valence-electron chi connectivity index (χ1n) is 4.66. The molecule has 1 aromatic carbocycles. The van der Waals surface area contributed by atoms with E-state index in [0.29, 0.717) is 11.3 Å². The predicted octanol–water partition coefficient (Wildman–Crippen LogP) is 2.27. The lowest BCUT2D eigenvalue weighted by atomic mass is 9.89. The molecule has 0 amide bonds. The van der Waals surface area contributed by atoms with Crippen molar-refractivity contribution in [2.75, 3.05) is 0 Å². The van der Waals surface area contributed by atoms with Gasteiger partial charge in [0, 0.05) is 5.57 Å². The van der Waals surface area contributed by atoms with E-state index in [1.54, 1.807) is 6.92 Å². The van der Waals surface area contributed by atoms with E-state index in [1.807, 2.05) is 18.2 Å². The van der Waals surface area contributed by atoms with Crippen molar-refractivity contribution in [3.05, 3.63) is 41.5 Å². The van der Waals surface area contributed by atoms with Crippen LogP contribution in [0.2, 0.25) is 0 Å². The van der Waals surface area contributed by atoms with Crippen LogP contribution in [0.3, 0.4) is 0 Å². The van der Waals surface area contributed by atoms with Gasteiger partial charge in [0.1, 0.15) is 5.75 Å². The Kier molecular flexibility index (Phi) is 2.12. The highest BCUT2D eigenvalue weighted by Gasteiger charge is 2.14. The first-order valence-corrected chi connectivity index (χ1v) is 4.66. The molecular formula is C12H12O2. The molecule has 0 aliphatic heterocycles. The molecule has 0 aromatic heterocycles. The summed E-state index contributed by atoms with van der Waals surface area (Å²) < 4.78 is 5.11. The maximum atomic E-state index is 11.2. The lowest BCUT2D eigenvalue weighted by molar-refractivity contribution is -0.130. The number of ether oxygens (including phenoxy) is 1. The molecule has 2 heteroatoms. The normalized spacial score (nSPS) is 12.6. The largest absolute Gasteiger partial charge is 0.423 e. The zero-order valence-corrected chi connectivity index (χ0v) is 8.17. The first-order chi connectivity index (χ1) is 6.66. The fourth-order valence-electron chi connectivity index (χ4n) is 1.43. The number of hydrogen-bond acceptors (Lipinski definition) is 2. The van der Waals surface area contributed by atoms with Crippen LogP contribution in [-0.4, -0.2) is 5.97 Å². The molecule has 0 atom stereocenters. The van der Waals surface area contributed by atoms with Crippen molar-refractivity contribution >= 4 is 5.97 Å². The quantitative estimate of drug-likeness (QED) is 0.404. The fraction of sp³-hybridized carbons (Fsp3) is 0.250. The predicted molar refractivity (Wildman–Crippen MR) is 54.3 cm³/mol. The molecule has 2 nitrogen and oxygen atoms in total. The third-order valence-electron chi connectivity index (χ3n) is 2.40. The van der Waals surface area contributed by atoms with Crippen LogP contribution in [0.25, 0.3) is 0 Å². The van der Waals surface area contributed by atoms with Gasteiger partial charge in [0.25, 0.3) is 0 Å². The molecule has 1 aromatic rings. The molecular weight excluding hydrogens is 176 g/mol. The summed E-state index contributed by atoms with van der Waals surface area (Å²) in [6.07, 6.45) is 2.23. The Morgan fingerprint density at radius 3 is 2.57 bits per heavy atom. The summed E-state index contributed by atoms with van der Waals surface area (Å²) in [4.78, 5) is 11.2. The van der Waals surface area contributed by atoms with Gasteiger partial charge in [-0.05, 0) is 43.0 Å². The number of rotatable bonds is 2. The molecule has 0 spiro atoms. The first kappa shape index (κ1) is 9.00. The van der Waals surface area contributed by atoms with E-state index in [1.165, 1.54) is 11.1 Å². The van der Waals surface area contributed by atoms with Gasteiger partial charge in [0.2, 0.25) is 0 Å². The zero-order valence-electron chi connectivity index (χ0n) is 8.17. The molecule has 0 unspecified atom stereocenters. The van der Waals surface area contributed by atoms with Crippen LogP contribution in [-0.2, 0) is 17.6 Å². The Labute approximate surface area is 83.2 Å². The lowest BCUT2D eigenvalue weighted by Crippen LogP contribution is -2.11. The highest BCUT2D eigenvalue weighted by molar-refractivity contribution is 5.88. The summed E-state index contributed by atoms with van der Waals surface area (Å²) >= 11 is 0. The van der Waals surface area contributed by atoms with Crippen molar-refractivity contribution < 1.29 is 9.53 Å². The molecule has 1 aliphatic carbocycles. The zero-order chi connectivity index (χ0) is 10.1. The minimum Gasteiger partial charge on any atom is -0.423 e. The average Bonchev–Trinajstić information content (AvgIpc) is 2.09. The number of carbonyl (C=O) groups excluding carboxylic acids is 1. The van der Waals surface area contributed by atoms with Gasteiger partial charge in [-0.15, -0.1) is 0 Å². The van der Waals surface area contributed by atoms with Crippen LogP contribution < -0.4 is 4.74 Å². The van der Waals surface area contributed by atoms with Crippen molar-refractivity contribution in [1.29, 1.82) is 0 Å². The van der Waals surface area contributed by atoms with E-state index in [9.17, 15) is 4.79 Å². The third-order valence-corrected chi connectivity index (χ3v) is 2.40. The van der Waals surface area contributed by atoms with Crippen LogP contribution in [0.15, 0.2) is 30.4 Å². The molecule has 1 aliphatic rings. The third kappa shape index (κ3) is 1.55. The highest BCUT2D eigenvalue weighted by atomic mass is 16.5. The molecule has 0 radical (unpaired) electrons. The van der Waals surface area contributed by atoms with Crippen LogP contribution in [0.5, 0.6) is 5.75 Å². The molecule has 0 bridgehead atoms. The lowest BCUT2D eigenvalue weighted by Gasteiger charge is -2.18.